The van der Waals surface area contributed by atoms with Crippen molar-refractivity contribution < 1.29 is 4.74 Å². The van der Waals surface area contributed by atoms with Gasteiger partial charge in [-0.05, 0) is 41.1 Å². The summed E-state index contributed by atoms with van der Waals surface area (Å²) in [6.07, 6.45) is 1.80. The van der Waals surface area contributed by atoms with Crippen LogP contribution in [0.5, 0.6) is 5.75 Å². The molecular formula is C14H15BrN2O. The first-order valence-electron chi connectivity index (χ1n) is 5.85. The second kappa shape index (κ2) is 6.40. The molecule has 0 atom stereocenters. The number of rotatable bonds is 5. The molecule has 0 bridgehead atoms. The van der Waals surface area contributed by atoms with Crippen LogP contribution < -0.4 is 10.1 Å². The Balaban J connectivity index is 2.03. The van der Waals surface area contributed by atoms with Crippen LogP contribution in [-0.2, 0) is 6.54 Å². The molecule has 18 heavy (non-hydrogen) atoms. The zero-order valence-corrected chi connectivity index (χ0v) is 11.8. The molecule has 1 N–H and O–H groups in total. The van der Waals surface area contributed by atoms with Crippen molar-refractivity contribution in [2.45, 2.75) is 13.5 Å². The van der Waals surface area contributed by atoms with Crippen molar-refractivity contribution in [3.05, 3.63) is 52.8 Å². The molecule has 0 spiro atoms. The Morgan fingerprint density at radius 3 is 2.78 bits per heavy atom. The minimum Gasteiger partial charge on any atom is -0.494 e. The summed E-state index contributed by atoms with van der Waals surface area (Å²) in [5.41, 5.74) is 2.13. The fraction of sp³-hybridized carbons (Fsp3) is 0.214. The van der Waals surface area contributed by atoms with Crippen molar-refractivity contribution in [1.29, 1.82) is 0 Å². The topological polar surface area (TPSA) is 34.1 Å². The molecule has 0 radical (unpaired) electrons. The lowest BCUT2D eigenvalue weighted by atomic mass is 10.2. The molecule has 0 amide bonds. The minimum absolute atomic E-state index is 0.677. The van der Waals surface area contributed by atoms with E-state index in [-0.39, 0.29) is 0 Å². The predicted octanol–water partition coefficient (Wildman–Crippen LogP) is 3.85. The summed E-state index contributed by atoms with van der Waals surface area (Å²) in [7, 11) is 0. The molecule has 0 aliphatic carbocycles. The number of para-hydroxylation sites is 1. The molecule has 2 aromatic rings. The quantitative estimate of drug-likeness (QED) is 0.852. The van der Waals surface area contributed by atoms with Gasteiger partial charge in [0.15, 0.2) is 0 Å². The van der Waals surface area contributed by atoms with Gasteiger partial charge in [-0.25, -0.2) is 4.98 Å². The van der Waals surface area contributed by atoms with E-state index in [0.29, 0.717) is 6.61 Å². The van der Waals surface area contributed by atoms with Gasteiger partial charge >= 0.3 is 0 Å². The first-order valence-corrected chi connectivity index (χ1v) is 6.65. The smallest absolute Gasteiger partial charge is 0.124 e. The maximum atomic E-state index is 5.58. The molecule has 0 fully saturated rings. The van der Waals surface area contributed by atoms with Crippen LogP contribution in [0.4, 0.5) is 5.69 Å². The number of nitrogens with zero attached hydrogens (tertiary/aromatic N) is 1. The molecule has 3 nitrogen and oxygen atoms in total. The molecule has 94 valence electrons. The number of pyridine rings is 1. The number of halogens is 1. The summed E-state index contributed by atoms with van der Waals surface area (Å²) in [6.45, 7) is 3.39. The standard InChI is InChI=1S/C14H15BrN2O/c1-2-18-13-6-4-3-5-11(13)9-16-12-7-8-14(15)17-10-12/h3-8,10,16H,2,9H2,1H3. The number of ether oxygens (including phenoxy) is 1. The van der Waals surface area contributed by atoms with Crippen LogP contribution in [0.2, 0.25) is 0 Å². The lowest BCUT2D eigenvalue weighted by Crippen LogP contribution is -2.03. The van der Waals surface area contributed by atoms with Crippen LogP contribution in [0.15, 0.2) is 47.2 Å². The van der Waals surface area contributed by atoms with Gasteiger partial charge in [-0.3, -0.25) is 0 Å². The van der Waals surface area contributed by atoms with Crippen LogP contribution in [0.1, 0.15) is 12.5 Å². The second-order valence-corrected chi connectivity index (χ2v) is 4.58. The molecule has 1 aromatic carbocycles. The lowest BCUT2D eigenvalue weighted by Gasteiger charge is -2.11. The summed E-state index contributed by atoms with van der Waals surface area (Å²) >= 11 is 3.31. The third-order valence-corrected chi connectivity index (χ3v) is 2.95. The van der Waals surface area contributed by atoms with Crippen molar-refractivity contribution in [2.75, 3.05) is 11.9 Å². The number of aromatic nitrogens is 1. The molecule has 0 aliphatic heterocycles. The van der Waals surface area contributed by atoms with Crippen molar-refractivity contribution in [1.82, 2.24) is 4.98 Å². The monoisotopic (exact) mass is 306 g/mol. The van der Waals surface area contributed by atoms with E-state index in [1.807, 2.05) is 37.3 Å². The highest BCUT2D eigenvalue weighted by atomic mass is 79.9. The van der Waals surface area contributed by atoms with Crippen LogP contribution in [-0.4, -0.2) is 11.6 Å². The van der Waals surface area contributed by atoms with Crippen molar-refractivity contribution >= 4 is 21.6 Å². The Labute approximate surface area is 115 Å². The van der Waals surface area contributed by atoms with E-state index in [2.05, 4.69) is 32.3 Å². The van der Waals surface area contributed by atoms with Crippen molar-refractivity contribution in [3.63, 3.8) is 0 Å². The van der Waals surface area contributed by atoms with Crippen LogP contribution in [0, 0.1) is 0 Å². The first kappa shape index (κ1) is 12.9. The van der Waals surface area contributed by atoms with E-state index in [1.54, 1.807) is 6.20 Å². The van der Waals surface area contributed by atoms with Gasteiger partial charge in [-0.2, -0.15) is 0 Å². The Bertz CT molecular complexity index is 499. The largest absolute Gasteiger partial charge is 0.494 e. The Morgan fingerprint density at radius 2 is 2.06 bits per heavy atom. The summed E-state index contributed by atoms with van der Waals surface area (Å²) in [5.74, 6) is 0.928. The van der Waals surface area contributed by atoms with E-state index in [0.717, 1.165) is 28.1 Å². The predicted molar refractivity (Wildman–Crippen MR) is 76.9 cm³/mol. The van der Waals surface area contributed by atoms with Gasteiger partial charge in [0.05, 0.1) is 18.5 Å². The Hall–Kier alpha value is -1.55. The normalized spacial score (nSPS) is 10.1. The lowest BCUT2D eigenvalue weighted by molar-refractivity contribution is 0.337. The van der Waals surface area contributed by atoms with Gasteiger partial charge in [-0.15, -0.1) is 0 Å². The number of benzene rings is 1. The summed E-state index contributed by atoms with van der Waals surface area (Å²) in [5, 5.41) is 3.32. The summed E-state index contributed by atoms with van der Waals surface area (Å²) in [6, 6.07) is 11.9. The fourth-order valence-electron chi connectivity index (χ4n) is 1.62. The van der Waals surface area contributed by atoms with Gasteiger partial charge in [0.1, 0.15) is 10.4 Å². The highest BCUT2D eigenvalue weighted by Crippen LogP contribution is 2.19. The Kier molecular flexibility index (Phi) is 4.59. The van der Waals surface area contributed by atoms with E-state index >= 15 is 0 Å². The number of anilines is 1. The van der Waals surface area contributed by atoms with Crippen molar-refractivity contribution in [3.8, 4) is 5.75 Å². The van der Waals surface area contributed by atoms with Gasteiger partial charge in [-0.1, -0.05) is 18.2 Å². The molecular weight excluding hydrogens is 292 g/mol. The molecule has 1 heterocycles. The average Bonchev–Trinajstić information content (AvgIpc) is 2.40. The van der Waals surface area contributed by atoms with Gasteiger partial charge in [0.25, 0.3) is 0 Å². The second-order valence-electron chi connectivity index (χ2n) is 3.76. The van der Waals surface area contributed by atoms with E-state index in [1.165, 1.54) is 0 Å². The van der Waals surface area contributed by atoms with Gasteiger partial charge < -0.3 is 10.1 Å². The van der Waals surface area contributed by atoms with Crippen LogP contribution in [0.25, 0.3) is 0 Å². The molecule has 1 aromatic heterocycles. The van der Waals surface area contributed by atoms with Crippen LogP contribution >= 0.6 is 15.9 Å². The third kappa shape index (κ3) is 3.47. The zero-order valence-electron chi connectivity index (χ0n) is 10.2. The summed E-state index contributed by atoms with van der Waals surface area (Å²) in [4.78, 5) is 4.17. The zero-order chi connectivity index (χ0) is 12.8. The number of nitrogens with one attached hydrogen (secondary N) is 1. The molecule has 0 aliphatic rings. The maximum absolute atomic E-state index is 5.58. The average molecular weight is 307 g/mol. The molecule has 0 saturated heterocycles. The van der Waals surface area contributed by atoms with E-state index in [9.17, 15) is 0 Å². The van der Waals surface area contributed by atoms with Gasteiger partial charge in [0, 0.05) is 12.1 Å². The van der Waals surface area contributed by atoms with Crippen LogP contribution in [0.3, 0.4) is 0 Å². The van der Waals surface area contributed by atoms with E-state index in [4.69, 9.17) is 4.74 Å². The molecule has 2 rings (SSSR count). The molecule has 0 unspecified atom stereocenters. The van der Waals surface area contributed by atoms with Gasteiger partial charge in [0.2, 0.25) is 0 Å². The highest BCUT2D eigenvalue weighted by Gasteiger charge is 2.02. The maximum Gasteiger partial charge on any atom is 0.124 e. The highest BCUT2D eigenvalue weighted by molar-refractivity contribution is 9.10. The Morgan fingerprint density at radius 1 is 1.22 bits per heavy atom. The number of hydrogen-bond acceptors (Lipinski definition) is 3. The van der Waals surface area contributed by atoms with E-state index < -0.39 is 0 Å². The minimum atomic E-state index is 0.677. The fourth-order valence-corrected chi connectivity index (χ4v) is 1.86. The summed E-state index contributed by atoms with van der Waals surface area (Å²) < 4.78 is 6.42. The first-order chi connectivity index (χ1) is 8.79. The molecule has 4 heteroatoms. The number of hydrogen-bond donors (Lipinski definition) is 1. The molecule has 0 saturated carbocycles. The third-order valence-electron chi connectivity index (χ3n) is 2.48. The van der Waals surface area contributed by atoms with Crippen molar-refractivity contribution in [2.24, 2.45) is 0 Å². The SMILES string of the molecule is CCOc1ccccc1CNc1ccc(Br)nc1.